The minimum Gasteiger partial charge on any atom is -0.488 e. The fourth-order valence-corrected chi connectivity index (χ4v) is 3.17. The molecule has 4 rings (SSSR count). The average molecular weight is 432 g/mol. The number of para-hydroxylation sites is 1. The van der Waals surface area contributed by atoms with Gasteiger partial charge < -0.3 is 20.1 Å². The van der Waals surface area contributed by atoms with E-state index >= 15 is 0 Å². The Morgan fingerprint density at radius 3 is 2.53 bits per heavy atom. The summed E-state index contributed by atoms with van der Waals surface area (Å²) >= 11 is 0. The molecule has 0 spiro atoms. The van der Waals surface area contributed by atoms with E-state index in [0.717, 1.165) is 0 Å². The van der Waals surface area contributed by atoms with Crippen LogP contribution in [0.3, 0.4) is 0 Å². The van der Waals surface area contributed by atoms with Crippen molar-refractivity contribution in [1.29, 1.82) is 0 Å². The molecule has 0 unspecified atom stereocenters. The Hall–Kier alpha value is -4.40. The second kappa shape index (κ2) is 9.17. The number of pyridine rings is 1. The molecule has 9 heteroatoms. The van der Waals surface area contributed by atoms with Crippen LogP contribution >= 0.6 is 0 Å². The minimum absolute atomic E-state index is 0.0928. The average Bonchev–Trinajstić information content (AvgIpc) is 2.83. The molecule has 0 atom stereocenters. The van der Waals surface area contributed by atoms with Crippen LogP contribution < -0.4 is 20.3 Å². The quantitative estimate of drug-likeness (QED) is 0.610. The molecule has 3 amide bonds. The largest absolute Gasteiger partial charge is 0.488 e. The summed E-state index contributed by atoms with van der Waals surface area (Å²) in [5, 5.41) is 5.51. The molecule has 1 aliphatic rings. The number of hydrogen-bond acceptors (Lipinski definition) is 6. The number of amides is 3. The van der Waals surface area contributed by atoms with Crippen LogP contribution in [0.4, 0.5) is 22.0 Å². The summed E-state index contributed by atoms with van der Waals surface area (Å²) in [5.74, 6) is -0.349. The number of carbonyl (C=O) groups excluding carboxylic acids is 3. The van der Waals surface area contributed by atoms with Crippen molar-refractivity contribution in [2.45, 2.75) is 0 Å². The predicted octanol–water partition coefficient (Wildman–Crippen LogP) is 3.55. The van der Waals surface area contributed by atoms with Crippen LogP contribution in [0.1, 0.15) is 20.8 Å². The van der Waals surface area contributed by atoms with E-state index in [2.05, 4.69) is 15.6 Å². The summed E-state index contributed by atoms with van der Waals surface area (Å²) < 4.78 is 10.3. The zero-order chi connectivity index (χ0) is 22.5. The van der Waals surface area contributed by atoms with Gasteiger partial charge in [-0.05, 0) is 42.5 Å². The molecular formula is C23H20N4O5. The molecule has 2 aromatic carbocycles. The van der Waals surface area contributed by atoms with Gasteiger partial charge in [0.05, 0.1) is 19.2 Å². The van der Waals surface area contributed by atoms with E-state index in [9.17, 15) is 14.4 Å². The lowest BCUT2D eigenvalue weighted by Gasteiger charge is -2.28. The maximum absolute atomic E-state index is 12.8. The molecule has 32 heavy (non-hydrogen) atoms. The smallest absolute Gasteiger partial charge is 0.337 e. The molecule has 1 aliphatic heterocycles. The third kappa shape index (κ3) is 4.51. The molecule has 9 nitrogen and oxygen atoms in total. The van der Waals surface area contributed by atoms with Gasteiger partial charge in [-0.2, -0.15) is 0 Å². The topological polar surface area (TPSA) is 110 Å². The first-order chi connectivity index (χ1) is 15.5. The lowest BCUT2D eigenvalue weighted by Crippen LogP contribution is -2.41. The highest BCUT2D eigenvalue weighted by atomic mass is 16.5. The predicted molar refractivity (Wildman–Crippen MR) is 118 cm³/mol. The third-order valence-corrected chi connectivity index (χ3v) is 4.71. The van der Waals surface area contributed by atoms with Crippen LogP contribution in [0.25, 0.3) is 0 Å². The van der Waals surface area contributed by atoms with Crippen molar-refractivity contribution < 1.29 is 23.9 Å². The van der Waals surface area contributed by atoms with E-state index in [1.807, 2.05) is 18.2 Å². The number of carbonyl (C=O) groups is 3. The van der Waals surface area contributed by atoms with E-state index in [1.165, 1.54) is 24.1 Å². The molecule has 0 saturated heterocycles. The minimum atomic E-state index is -0.509. The van der Waals surface area contributed by atoms with Crippen molar-refractivity contribution >= 4 is 35.1 Å². The number of nitrogens with zero attached hydrogens (tertiary/aromatic N) is 2. The van der Waals surface area contributed by atoms with Gasteiger partial charge in [0.25, 0.3) is 5.91 Å². The highest BCUT2D eigenvalue weighted by molar-refractivity contribution is 6.05. The monoisotopic (exact) mass is 432 g/mol. The fourth-order valence-electron chi connectivity index (χ4n) is 3.17. The number of ether oxygens (including phenoxy) is 2. The van der Waals surface area contributed by atoms with Crippen molar-refractivity contribution in [3.8, 4) is 5.75 Å². The molecule has 1 aromatic heterocycles. The second-order valence-corrected chi connectivity index (χ2v) is 6.84. The standard InChI is InChI=1S/C23H20N4O5/c1-31-22(29)15-6-5-9-17(14-15)24-21(28)18-10-11-19-20(26-18)27(12-13-32-19)23(30)25-16-7-3-2-4-8-16/h2-11,14H,12-13H2,1H3,(H,24,28)(H,25,30). The number of fused-ring (bicyclic) bond motifs is 1. The molecule has 0 fully saturated rings. The first kappa shape index (κ1) is 20.9. The van der Waals surface area contributed by atoms with E-state index < -0.39 is 11.9 Å². The van der Waals surface area contributed by atoms with Gasteiger partial charge in [-0.3, -0.25) is 9.69 Å². The molecule has 0 aliphatic carbocycles. The van der Waals surface area contributed by atoms with Gasteiger partial charge in [0, 0.05) is 11.4 Å². The van der Waals surface area contributed by atoms with Crippen molar-refractivity contribution in [2.24, 2.45) is 0 Å². The highest BCUT2D eigenvalue weighted by Gasteiger charge is 2.27. The first-order valence-electron chi connectivity index (χ1n) is 9.82. The van der Waals surface area contributed by atoms with Gasteiger partial charge in [0.1, 0.15) is 12.3 Å². The summed E-state index contributed by atoms with van der Waals surface area (Å²) in [6.07, 6.45) is 0. The van der Waals surface area contributed by atoms with Gasteiger partial charge in [-0.15, -0.1) is 0 Å². The Morgan fingerprint density at radius 1 is 0.969 bits per heavy atom. The lowest BCUT2D eigenvalue weighted by molar-refractivity contribution is 0.0600. The Bertz CT molecular complexity index is 1170. The molecule has 2 heterocycles. The zero-order valence-corrected chi connectivity index (χ0v) is 17.2. The lowest BCUT2D eigenvalue weighted by atomic mass is 10.2. The first-order valence-corrected chi connectivity index (χ1v) is 9.82. The Morgan fingerprint density at radius 2 is 1.75 bits per heavy atom. The van der Waals surface area contributed by atoms with Crippen LogP contribution in [-0.2, 0) is 4.74 Å². The number of urea groups is 1. The summed E-state index contributed by atoms with van der Waals surface area (Å²) in [6, 6.07) is 18.1. The highest BCUT2D eigenvalue weighted by Crippen LogP contribution is 2.30. The van der Waals surface area contributed by atoms with E-state index in [1.54, 1.807) is 36.4 Å². The van der Waals surface area contributed by atoms with Crippen molar-refractivity contribution in [3.63, 3.8) is 0 Å². The molecule has 3 aromatic rings. The number of methoxy groups -OCH3 is 1. The van der Waals surface area contributed by atoms with E-state index in [0.29, 0.717) is 29.3 Å². The van der Waals surface area contributed by atoms with Crippen LogP contribution in [0.5, 0.6) is 5.75 Å². The molecular weight excluding hydrogens is 412 g/mol. The number of aromatic nitrogens is 1. The molecule has 2 N–H and O–H groups in total. The molecule has 162 valence electrons. The Labute approximate surface area is 184 Å². The number of benzene rings is 2. The molecule has 0 saturated carbocycles. The van der Waals surface area contributed by atoms with Crippen LogP contribution in [0, 0.1) is 0 Å². The van der Waals surface area contributed by atoms with E-state index in [-0.39, 0.29) is 24.1 Å². The SMILES string of the molecule is COC(=O)c1cccc(NC(=O)c2ccc3c(n2)N(C(=O)Nc2ccccc2)CCO3)c1. The maximum atomic E-state index is 12.8. The maximum Gasteiger partial charge on any atom is 0.337 e. The van der Waals surface area contributed by atoms with Gasteiger partial charge in [0.2, 0.25) is 0 Å². The summed E-state index contributed by atoms with van der Waals surface area (Å²) in [5.41, 5.74) is 1.45. The third-order valence-electron chi connectivity index (χ3n) is 4.71. The summed E-state index contributed by atoms with van der Waals surface area (Å²) in [6.45, 7) is 0.591. The zero-order valence-electron chi connectivity index (χ0n) is 17.2. The summed E-state index contributed by atoms with van der Waals surface area (Å²) in [7, 11) is 1.28. The van der Waals surface area contributed by atoms with Crippen molar-refractivity contribution in [2.75, 3.05) is 35.8 Å². The number of nitrogens with one attached hydrogen (secondary N) is 2. The van der Waals surface area contributed by atoms with Crippen LogP contribution in [0.15, 0.2) is 66.7 Å². The van der Waals surface area contributed by atoms with Crippen LogP contribution in [-0.4, -0.2) is 43.2 Å². The fraction of sp³-hybridized carbons (Fsp3) is 0.130. The van der Waals surface area contributed by atoms with Crippen LogP contribution in [0.2, 0.25) is 0 Å². The van der Waals surface area contributed by atoms with Gasteiger partial charge in [0.15, 0.2) is 11.6 Å². The van der Waals surface area contributed by atoms with Gasteiger partial charge >= 0.3 is 12.0 Å². The van der Waals surface area contributed by atoms with E-state index in [4.69, 9.17) is 9.47 Å². The normalized spacial score (nSPS) is 12.2. The molecule has 0 radical (unpaired) electrons. The molecule has 0 bridgehead atoms. The number of anilines is 3. The number of esters is 1. The Kier molecular flexibility index (Phi) is 5.98. The second-order valence-electron chi connectivity index (χ2n) is 6.84. The van der Waals surface area contributed by atoms with Gasteiger partial charge in [-0.1, -0.05) is 24.3 Å². The van der Waals surface area contributed by atoms with Crippen molar-refractivity contribution in [3.05, 3.63) is 78.0 Å². The van der Waals surface area contributed by atoms with Crippen molar-refractivity contribution in [1.82, 2.24) is 4.98 Å². The summed E-state index contributed by atoms with van der Waals surface area (Å²) in [4.78, 5) is 43.1. The van der Waals surface area contributed by atoms with Gasteiger partial charge in [-0.25, -0.2) is 14.6 Å². The number of hydrogen-bond donors (Lipinski definition) is 2. The Balaban J connectivity index is 1.54. The number of rotatable bonds is 4.